The zero-order valence-electron chi connectivity index (χ0n) is 14.8. The van der Waals surface area contributed by atoms with Gasteiger partial charge >= 0.3 is 0 Å². The molecule has 0 aliphatic carbocycles. The Morgan fingerprint density at radius 3 is 2.88 bits per heavy atom. The van der Waals surface area contributed by atoms with Gasteiger partial charge in [0, 0.05) is 42.7 Å². The molecule has 5 rings (SSSR count). The van der Waals surface area contributed by atoms with Crippen molar-refractivity contribution in [2.45, 2.75) is 30.2 Å². The van der Waals surface area contributed by atoms with E-state index >= 15 is 0 Å². The van der Waals surface area contributed by atoms with Gasteiger partial charge < -0.3 is 19.3 Å². The predicted molar refractivity (Wildman–Crippen MR) is 98.5 cm³/mol. The molecule has 2 bridgehead atoms. The van der Waals surface area contributed by atoms with Crippen LogP contribution in [0.1, 0.15) is 19.3 Å². The van der Waals surface area contributed by atoms with Gasteiger partial charge in [0.1, 0.15) is 13.2 Å². The van der Waals surface area contributed by atoms with Crippen LogP contribution in [0.15, 0.2) is 23.1 Å². The van der Waals surface area contributed by atoms with Crippen LogP contribution >= 0.6 is 11.8 Å². The Morgan fingerprint density at radius 2 is 2.00 bits per heavy atom. The summed E-state index contributed by atoms with van der Waals surface area (Å²) >= 11 is 1.72. The van der Waals surface area contributed by atoms with Crippen LogP contribution in [0.2, 0.25) is 0 Å². The highest BCUT2D eigenvalue weighted by Gasteiger charge is 2.35. The summed E-state index contributed by atoms with van der Waals surface area (Å²) in [5.74, 6) is 3.40. The van der Waals surface area contributed by atoms with Gasteiger partial charge in [-0.05, 0) is 44.0 Å². The zero-order chi connectivity index (χ0) is 17.2. The maximum atomic E-state index is 12.7. The molecule has 25 heavy (non-hydrogen) atoms. The number of likely N-dealkylation sites (N-methyl/N-ethyl adjacent to an activating group) is 1. The number of hydrogen-bond acceptors (Lipinski definition) is 5. The van der Waals surface area contributed by atoms with Crippen molar-refractivity contribution in [3.8, 4) is 11.5 Å². The van der Waals surface area contributed by atoms with Crippen LogP contribution in [0.4, 0.5) is 0 Å². The fraction of sp³-hybridized carbons (Fsp3) is 0.632. The topological polar surface area (TPSA) is 42.0 Å². The first-order chi connectivity index (χ1) is 12.2. The molecule has 0 N–H and O–H groups in total. The van der Waals surface area contributed by atoms with E-state index in [2.05, 4.69) is 16.8 Å². The number of amides is 1. The van der Waals surface area contributed by atoms with Crippen molar-refractivity contribution in [1.82, 2.24) is 9.80 Å². The van der Waals surface area contributed by atoms with Crippen LogP contribution in [0, 0.1) is 5.92 Å². The molecule has 3 fully saturated rings. The second-order valence-electron chi connectivity index (χ2n) is 7.27. The van der Waals surface area contributed by atoms with Gasteiger partial charge in [-0.3, -0.25) is 4.79 Å². The van der Waals surface area contributed by atoms with Crippen LogP contribution in [0.5, 0.6) is 11.5 Å². The van der Waals surface area contributed by atoms with E-state index in [0.29, 0.717) is 37.5 Å². The molecule has 1 aromatic rings. The van der Waals surface area contributed by atoms with Crippen LogP contribution in [-0.4, -0.2) is 67.4 Å². The quantitative estimate of drug-likeness (QED) is 0.770. The summed E-state index contributed by atoms with van der Waals surface area (Å²) in [4.78, 5) is 18.4. The van der Waals surface area contributed by atoms with Crippen molar-refractivity contribution in [1.29, 1.82) is 0 Å². The summed E-state index contributed by atoms with van der Waals surface area (Å²) in [5.41, 5.74) is 0. The molecule has 6 heteroatoms. The average molecular weight is 362 g/mol. The third-order valence-electron chi connectivity index (χ3n) is 5.31. The number of piperidine rings is 1. The smallest absolute Gasteiger partial charge is 0.223 e. The molecular weight excluding hydrogens is 336 g/mol. The summed E-state index contributed by atoms with van der Waals surface area (Å²) in [5, 5.41) is 0. The third kappa shape index (κ3) is 3.90. The Labute approximate surface area is 153 Å². The predicted octanol–water partition coefficient (Wildman–Crippen LogP) is 2.49. The van der Waals surface area contributed by atoms with Gasteiger partial charge in [0.25, 0.3) is 0 Å². The Bertz CT molecular complexity index is 639. The van der Waals surface area contributed by atoms with Crippen LogP contribution < -0.4 is 9.47 Å². The van der Waals surface area contributed by atoms with Gasteiger partial charge in [-0.2, -0.15) is 0 Å². The molecule has 4 heterocycles. The molecule has 0 saturated carbocycles. The molecule has 4 aliphatic rings. The minimum Gasteiger partial charge on any atom is -0.486 e. The van der Waals surface area contributed by atoms with Crippen molar-refractivity contribution in [2.24, 2.45) is 5.92 Å². The van der Waals surface area contributed by atoms with Gasteiger partial charge in [-0.1, -0.05) is 0 Å². The molecule has 0 radical (unpaired) electrons. The normalized spacial score (nSPS) is 25.7. The molecule has 3 saturated heterocycles. The molecule has 2 atom stereocenters. The van der Waals surface area contributed by atoms with Crippen LogP contribution in [0.3, 0.4) is 0 Å². The minimum absolute atomic E-state index is 0.315. The molecule has 1 amide bonds. The van der Waals surface area contributed by atoms with Crippen molar-refractivity contribution in [2.75, 3.05) is 45.6 Å². The van der Waals surface area contributed by atoms with Crippen molar-refractivity contribution >= 4 is 17.7 Å². The van der Waals surface area contributed by atoms with E-state index in [-0.39, 0.29) is 0 Å². The summed E-state index contributed by atoms with van der Waals surface area (Å²) in [6.07, 6.45) is 3.03. The summed E-state index contributed by atoms with van der Waals surface area (Å²) in [6, 6.07) is 6.44. The molecule has 5 nitrogen and oxygen atoms in total. The van der Waals surface area contributed by atoms with Crippen molar-refractivity contribution in [3.05, 3.63) is 18.2 Å². The number of benzene rings is 1. The Balaban J connectivity index is 1.30. The average Bonchev–Trinajstić information content (AvgIpc) is 2.90. The SMILES string of the molecule is CN1C[C@H]2CC[C@@H](C1)N(C(=O)CCSc1ccc3c(c1)OCCO3)C2. The van der Waals surface area contributed by atoms with E-state index in [1.807, 2.05) is 18.2 Å². The third-order valence-corrected chi connectivity index (χ3v) is 6.31. The lowest BCUT2D eigenvalue weighted by Gasteiger charge is -2.36. The fourth-order valence-corrected chi connectivity index (χ4v) is 5.00. The second-order valence-corrected chi connectivity index (χ2v) is 8.44. The van der Waals surface area contributed by atoms with E-state index in [4.69, 9.17) is 9.47 Å². The van der Waals surface area contributed by atoms with E-state index in [0.717, 1.165) is 48.2 Å². The summed E-state index contributed by atoms with van der Waals surface area (Å²) in [6.45, 7) is 4.32. The molecule has 0 spiro atoms. The summed E-state index contributed by atoms with van der Waals surface area (Å²) < 4.78 is 11.2. The van der Waals surface area contributed by atoms with Crippen molar-refractivity contribution in [3.63, 3.8) is 0 Å². The zero-order valence-corrected chi connectivity index (χ0v) is 15.6. The number of fused-ring (bicyclic) bond motifs is 5. The second kappa shape index (κ2) is 7.46. The molecule has 1 aromatic carbocycles. The van der Waals surface area contributed by atoms with Crippen molar-refractivity contribution < 1.29 is 14.3 Å². The molecule has 136 valence electrons. The fourth-order valence-electron chi connectivity index (χ4n) is 4.14. The number of carbonyl (C=O) groups excluding carboxylic acids is 1. The van der Waals surface area contributed by atoms with E-state index in [1.54, 1.807) is 11.8 Å². The maximum Gasteiger partial charge on any atom is 0.223 e. The van der Waals surface area contributed by atoms with Gasteiger partial charge in [-0.15, -0.1) is 11.8 Å². The molecular formula is C19H26N2O3S. The highest BCUT2D eigenvalue weighted by atomic mass is 32.2. The monoisotopic (exact) mass is 362 g/mol. The van der Waals surface area contributed by atoms with Crippen LogP contribution in [-0.2, 0) is 4.79 Å². The lowest BCUT2D eigenvalue weighted by Crippen LogP contribution is -2.47. The Kier molecular flexibility index (Phi) is 5.08. The summed E-state index contributed by atoms with van der Waals surface area (Å²) in [7, 11) is 2.18. The van der Waals surface area contributed by atoms with E-state index < -0.39 is 0 Å². The van der Waals surface area contributed by atoms with Crippen LogP contribution in [0.25, 0.3) is 0 Å². The molecule has 4 aliphatic heterocycles. The number of hydrogen-bond donors (Lipinski definition) is 0. The number of nitrogens with zero attached hydrogens (tertiary/aromatic N) is 2. The Morgan fingerprint density at radius 1 is 1.16 bits per heavy atom. The van der Waals surface area contributed by atoms with Gasteiger partial charge in [0.05, 0.1) is 0 Å². The number of thioether (sulfide) groups is 1. The van der Waals surface area contributed by atoms with E-state index in [9.17, 15) is 4.79 Å². The first-order valence-corrected chi connectivity index (χ1v) is 10.2. The standard InChI is InChI=1S/C19H26N2O3S/c1-20-11-14-2-3-15(13-20)21(12-14)19(22)6-9-25-16-4-5-17-18(10-16)24-8-7-23-17/h4-5,10,14-15H,2-3,6-9,11-13H2,1H3/t14-,15+/m1/s1. The lowest BCUT2D eigenvalue weighted by molar-refractivity contribution is -0.134. The Hall–Kier alpha value is -1.40. The number of rotatable bonds is 4. The van der Waals surface area contributed by atoms with Gasteiger partial charge in [-0.25, -0.2) is 0 Å². The highest BCUT2D eigenvalue weighted by Crippen LogP contribution is 2.34. The largest absolute Gasteiger partial charge is 0.486 e. The van der Waals surface area contributed by atoms with E-state index in [1.165, 1.54) is 6.42 Å². The molecule has 0 unspecified atom stereocenters. The maximum absolute atomic E-state index is 12.7. The van der Waals surface area contributed by atoms with Gasteiger partial charge in [0.15, 0.2) is 11.5 Å². The highest BCUT2D eigenvalue weighted by molar-refractivity contribution is 7.99. The molecule has 0 aromatic heterocycles. The minimum atomic E-state index is 0.315. The first-order valence-electron chi connectivity index (χ1n) is 9.19. The lowest BCUT2D eigenvalue weighted by atomic mass is 9.95. The number of carbonyl (C=O) groups is 1. The number of ether oxygens (including phenoxy) is 2. The van der Waals surface area contributed by atoms with Gasteiger partial charge in [0.2, 0.25) is 5.91 Å². The first kappa shape index (κ1) is 17.0.